The summed E-state index contributed by atoms with van der Waals surface area (Å²) < 4.78 is 42.9. The number of hydrogen-bond donors (Lipinski definition) is 1. The minimum absolute atomic E-state index is 0.157. The van der Waals surface area contributed by atoms with Gasteiger partial charge in [0.1, 0.15) is 6.04 Å². The predicted octanol–water partition coefficient (Wildman–Crippen LogP) is 3.08. The van der Waals surface area contributed by atoms with E-state index >= 15 is 0 Å². The lowest BCUT2D eigenvalue weighted by Crippen LogP contribution is -2.43. The van der Waals surface area contributed by atoms with E-state index in [4.69, 9.17) is 4.74 Å². The van der Waals surface area contributed by atoms with Gasteiger partial charge in [-0.25, -0.2) is 0 Å². The summed E-state index contributed by atoms with van der Waals surface area (Å²) in [5.74, 6) is 0. The molecule has 2 nitrogen and oxygen atoms in total. The van der Waals surface area contributed by atoms with Gasteiger partial charge in [-0.2, -0.15) is 13.2 Å². The van der Waals surface area contributed by atoms with Crippen molar-refractivity contribution >= 4 is 0 Å². The highest BCUT2D eigenvalue weighted by atomic mass is 19.4. The Kier molecular flexibility index (Phi) is 5.37. The summed E-state index contributed by atoms with van der Waals surface area (Å²) in [5.41, 5.74) is 0.746. The summed E-state index contributed by atoms with van der Waals surface area (Å²) in [6.45, 7) is 3.37. The summed E-state index contributed by atoms with van der Waals surface area (Å²) in [5, 5.41) is 2.49. The number of alkyl halides is 3. The molecule has 0 unspecified atom stereocenters. The Labute approximate surface area is 104 Å². The molecule has 5 heteroatoms. The molecule has 2 atom stereocenters. The van der Waals surface area contributed by atoms with E-state index in [0.29, 0.717) is 0 Å². The van der Waals surface area contributed by atoms with Gasteiger partial charge in [-0.3, -0.25) is 5.32 Å². The van der Waals surface area contributed by atoms with Gasteiger partial charge < -0.3 is 4.74 Å². The second-order valence-corrected chi connectivity index (χ2v) is 3.84. The number of halogens is 3. The molecule has 0 amide bonds. The predicted molar refractivity (Wildman–Crippen MR) is 64.2 cm³/mol. The van der Waals surface area contributed by atoms with Crippen LogP contribution in [0.15, 0.2) is 43.0 Å². The van der Waals surface area contributed by atoms with Gasteiger partial charge in [0.2, 0.25) is 0 Å². The molecule has 0 aliphatic rings. The van der Waals surface area contributed by atoms with Crippen molar-refractivity contribution in [2.75, 3.05) is 13.7 Å². The van der Waals surface area contributed by atoms with Crippen molar-refractivity contribution in [2.24, 2.45) is 0 Å². The lowest BCUT2D eigenvalue weighted by atomic mass is 10.1. The average Bonchev–Trinajstić information content (AvgIpc) is 2.34. The number of benzene rings is 1. The SMILES string of the molecule is C=C[C@@H](N[C@@H](COC)c1ccccc1)C(F)(F)F. The van der Waals surface area contributed by atoms with E-state index in [1.807, 2.05) is 6.07 Å². The van der Waals surface area contributed by atoms with Gasteiger partial charge in [0.15, 0.2) is 0 Å². The van der Waals surface area contributed by atoms with Crippen molar-refractivity contribution in [2.45, 2.75) is 18.3 Å². The van der Waals surface area contributed by atoms with Crippen LogP contribution in [0.4, 0.5) is 13.2 Å². The Morgan fingerprint density at radius 2 is 1.94 bits per heavy atom. The van der Waals surface area contributed by atoms with Crippen molar-refractivity contribution in [3.8, 4) is 0 Å². The minimum Gasteiger partial charge on any atom is -0.383 e. The van der Waals surface area contributed by atoms with Gasteiger partial charge in [-0.15, -0.1) is 6.58 Å². The molecule has 0 aliphatic heterocycles. The first-order chi connectivity index (χ1) is 8.49. The maximum atomic E-state index is 12.7. The Hall–Kier alpha value is -1.33. The normalized spacial score (nSPS) is 15.1. The van der Waals surface area contributed by atoms with E-state index in [9.17, 15) is 13.2 Å². The Morgan fingerprint density at radius 1 is 1.33 bits per heavy atom. The number of ether oxygens (including phenoxy) is 1. The van der Waals surface area contributed by atoms with E-state index in [0.717, 1.165) is 11.6 Å². The van der Waals surface area contributed by atoms with Crippen LogP contribution in [-0.4, -0.2) is 25.9 Å². The number of nitrogens with one attached hydrogen (secondary N) is 1. The molecular weight excluding hydrogens is 243 g/mol. The van der Waals surface area contributed by atoms with Gasteiger partial charge >= 0.3 is 6.18 Å². The number of rotatable bonds is 6. The van der Waals surface area contributed by atoms with E-state index in [2.05, 4.69) is 11.9 Å². The van der Waals surface area contributed by atoms with Gasteiger partial charge in [-0.05, 0) is 5.56 Å². The smallest absolute Gasteiger partial charge is 0.383 e. The van der Waals surface area contributed by atoms with Crippen molar-refractivity contribution in [3.05, 3.63) is 48.6 Å². The third kappa shape index (κ3) is 4.16. The molecule has 0 saturated carbocycles. The van der Waals surface area contributed by atoms with Gasteiger partial charge in [0.05, 0.1) is 12.6 Å². The second kappa shape index (κ2) is 6.56. The highest BCUT2D eigenvalue weighted by Gasteiger charge is 2.38. The van der Waals surface area contributed by atoms with Crippen LogP contribution in [0.2, 0.25) is 0 Å². The molecule has 1 rings (SSSR count). The standard InChI is InChI=1S/C13H16F3NO/c1-3-12(13(14,15)16)17-11(9-18-2)10-7-5-4-6-8-10/h3-8,11-12,17H,1,9H2,2H3/t11-,12+/m0/s1. The van der Waals surface area contributed by atoms with Crippen LogP contribution in [0, 0.1) is 0 Å². The lowest BCUT2D eigenvalue weighted by molar-refractivity contribution is -0.147. The largest absolute Gasteiger partial charge is 0.407 e. The molecule has 0 fully saturated rings. The minimum atomic E-state index is -4.36. The van der Waals surface area contributed by atoms with Crippen LogP contribution in [0.5, 0.6) is 0 Å². The molecule has 1 aromatic carbocycles. The first-order valence-electron chi connectivity index (χ1n) is 5.48. The zero-order valence-electron chi connectivity index (χ0n) is 10.1. The number of hydrogen-bond acceptors (Lipinski definition) is 2. The van der Waals surface area contributed by atoms with Crippen molar-refractivity contribution in [3.63, 3.8) is 0 Å². The molecule has 0 radical (unpaired) electrons. The van der Waals surface area contributed by atoms with Crippen LogP contribution in [-0.2, 0) is 4.74 Å². The fraction of sp³-hybridized carbons (Fsp3) is 0.385. The van der Waals surface area contributed by atoms with Crippen LogP contribution < -0.4 is 5.32 Å². The van der Waals surface area contributed by atoms with Gasteiger partial charge in [0.25, 0.3) is 0 Å². The lowest BCUT2D eigenvalue weighted by Gasteiger charge is -2.25. The fourth-order valence-corrected chi connectivity index (χ4v) is 1.61. The fourth-order valence-electron chi connectivity index (χ4n) is 1.61. The first kappa shape index (κ1) is 14.7. The van der Waals surface area contributed by atoms with Crippen LogP contribution in [0.1, 0.15) is 11.6 Å². The zero-order valence-corrected chi connectivity index (χ0v) is 10.1. The van der Waals surface area contributed by atoms with E-state index < -0.39 is 18.3 Å². The van der Waals surface area contributed by atoms with Crippen molar-refractivity contribution < 1.29 is 17.9 Å². The topological polar surface area (TPSA) is 21.3 Å². The molecule has 1 N–H and O–H groups in total. The molecule has 100 valence electrons. The molecule has 0 spiro atoms. The summed E-state index contributed by atoms with van der Waals surface area (Å²) in [6.07, 6.45) is -3.51. The first-order valence-corrected chi connectivity index (χ1v) is 5.48. The Bertz CT molecular complexity index is 364. The third-order valence-corrected chi connectivity index (χ3v) is 2.50. The molecule has 18 heavy (non-hydrogen) atoms. The van der Waals surface area contributed by atoms with Crippen LogP contribution >= 0.6 is 0 Å². The summed E-state index contributed by atoms with van der Waals surface area (Å²) in [6, 6.07) is 6.59. The molecule has 0 aromatic heterocycles. The van der Waals surface area contributed by atoms with Crippen molar-refractivity contribution in [1.82, 2.24) is 5.32 Å². The molecule has 1 aromatic rings. The molecule has 0 aliphatic carbocycles. The van der Waals surface area contributed by atoms with Crippen molar-refractivity contribution in [1.29, 1.82) is 0 Å². The summed E-state index contributed by atoms with van der Waals surface area (Å²) in [4.78, 5) is 0. The molecule has 0 heterocycles. The molecule has 0 saturated heterocycles. The van der Waals surface area contributed by atoms with Gasteiger partial charge in [-0.1, -0.05) is 36.4 Å². The summed E-state index contributed by atoms with van der Waals surface area (Å²) >= 11 is 0. The Balaban J connectivity index is 2.83. The number of methoxy groups -OCH3 is 1. The monoisotopic (exact) mass is 259 g/mol. The molecule has 0 bridgehead atoms. The van der Waals surface area contributed by atoms with E-state index in [1.165, 1.54) is 7.11 Å². The second-order valence-electron chi connectivity index (χ2n) is 3.84. The Morgan fingerprint density at radius 3 is 2.39 bits per heavy atom. The van der Waals surface area contributed by atoms with E-state index in [-0.39, 0.29) is 6.61 Å². The highest BCUT2D eigenvalue weighted by molar-refractivity contribution is 5.19. The van der Waals surface area contributed by atoms with Crippen LogP contribution in [0.25, 0.3) is 0 Å². The molecular formula is C13H16F3NO. The maximum Gasteiger partial charge on any atom is 0.407 e. The van der Waals surface area contributed by atoms with Gasteiger partial charge in [0, 0.05) is 7.11 Å². The third-order valence-electron chi connectivity index (χ3n) is 2.50. The summed E-state index contributed by atoms with van der Waals surface area (Å²) in [7, 11) is 1.45. The zero-order chi connectivity index (χ0) is 13.6. The average molecular weight is 259 g/mol. The van der Waals surface area contributed by atoms with E-state index in [1.54, 1.807) is 24.3 Å². The maximum absolute atomic E-state index is 12.7. The van der Waals surface area contributed by atoms with Crippen LogP contribution in [0.3, 0.4) is 0 Å². The quantitative estimate of drug-likeness (QED) is 0.793. The highest BCUT2D eigenvalue weighted by Crippen LogP contribution is 2.24.